The maximum Gasteiger partial charge on any atom is 0.573 e. The minimum absolute atomic E-state index is 0.0261. The van der Waals surface area contributed by atoms with Gasteiger partial charge in [-0.3, -0.25) is 4.79 Å². The number of benzene rings is 2. The Labute approximate surface area is 172 Å². The van der Waals surface area contributed by atoms with Gasteiger partial charge in [0, 0.05) is 25.1 Å². The molecule has 1 unspecified atom stereocenters. The molecule has 3 rings (SSSR count). The smallest absolute Gasteiger partial charge is 0.406 e. The molecule has 2 aromatic carbocycles. The van der Waals surface area contributed by atoms with Crippen LogP contribution in [-0.4, -0.2) is 43.8 Å². The first kappa shape index (κ1) is 22.2. The summed E-state index contributed by atoms with van der Waals surface area (Å²) in [4.78, 5) is 14.8. The van der Waals surface area contributed by atoms with Crippen LogP contribution in [0.3, 0.4) is 0 Å². The van der Waals surface area contributed by atoms with Crippen LogP contribution in [0.25, 0.3) is 0 Å². The summed E-state index contributed by atoms with van der Waals surface area (Å²) in [5.41, 5.74) is 1.27. The summed E-state index contributed by atoms with van der Waals surface area (Å²) in [5.74, 6) is -0.726. The van der Waals surface area contributed by atoms with Crippen molar-refractivity contribution in [1.29, 1.82) is 0 Å². The minimum atomic E-state index is -4.72. The molecule has 0 saturated carbocycles. The zero-order valence-corrected chi connectivity index (χ0v) is 16.5. The highest BCUT2D eigenvalue weighted by atomic mass is 19.4. The lowest BCUT2D eigenvalue weighted by Crippen LogP contribution is -2.39. The number of alkyl halides is 3. The zero-order valence-electron chi connectivity index (χ0n) is 16.5. The number of carbonyl (C=O) groups excluding carboxylic acids is 1. The second-order valence-corrected chi connectivity index (χ2v) is 7.29. The number of halogens is 4. The lowest BCUT2D eigenvalue weighted by molar-refractivity contribution is -0.274. The van der Waals surface area contributed by atoms with Crippen molar-refractivity contribution in [1.82, 2.24) is 4.90 Å². The number of ketones is 1. The molecule has 8 heteroatoms. The molecular weight excluding hydrogens is 402 g/mol. The molecule has 0 amide bonds. The average Bonchev–Trinajstić information content (AvgIpc) is 2.72. The van der Waals surface area contributed by atoms with Crippen molar-refractivity contribution in [2.24, 2.45) is 5.92 Å². The first-order chi connectivity index (χ1) is 14.2. The van der Waals surface area contributed by atoms with Crippen LogP contribution >= 0.6 is 0 Å². The van der Waals surface area contributed by atoms with Gasteiger partial charge in [-0.25, -0.2) is 4.39 Å². The van der Waals surface area contributed by atoms with Crippen LogP contribution in [0.2, 0.25) is 0 Å². The third-order valence-corrected chi connectivity index (χ3v) is 5.28. The number of hydrogen-bond acceptors (Lipinski definition) is 4. The lowest BCUT2D eigenvalue weighted by atomic mass is 9.88. The van der Waals surface area contributed by atoms with E-state index in [-0.39, 0.29) is 29.4 Å². The third kappa shape index (κ3) is 6.03. The number of nitrogens with zero attached hydrogens (tertiary/aromatic N) is 1. The first-order valence-electron chi connectivity index (χ1n) is 9.66. The molecule has 1 aliphatic heterocycles. The molecule has 0 aromatic heterocycles. The Morgan fingerprint density at radius 1 is 1.07 bits per heavy atom. The summed E-state index contributed by atoms with van der Waals surface area (Å²) in [6.45, 7) is 1.97. The van der Waals surface area contributed by atoms with Crippen molar-refractivity contribution in [2.45, 2.75) is 25.3 Å². The molecule has 30 heavy (non-hydrogen) atoms. The van der Waals surface area contributed by atoms with E-state index in [4.69, 9.17) is 4.74 Å². The highest BCUT2D eigenvalue weighted by molar-refractivity contribution is 5.97. The predicted octanol–water partition coefficient (Wildman–Crippen LogP) is 5.01. The van der Waals surface area contributed by atoms with Gasteiger partial charge in [0.1, 0.15) is 11.6 Å². The monoisotopic (exact) mass is 425 g/mol. The van der Waals surface area contributed by atoms with Crippen molar-refractivity contribution in [3.05, 3.63) is 65.5 Å². The van der Waals surface area contributed by atoms with Gasteiger partial charge in [-0.15, -0.1) is 13.2 Å². The average molecular weight is 425 g/mol. The van der Waals surface area contributed by atoms with Crippen molar-refractivity contribution < 1.29 is 31.8 Å². The van der Waals surface area contributed by atoms with Crippen LogP contribution in [0.5, 0.6) is 5.75 Å². The van der Waals surface area contributed by atoms with Gasteiger partial charge in [-0.2, -0.15) is 0 Å². The Morgan fingerprint density at radius 3 is 2.20 bits per heavy atom. The molecule has 1 saturated heterocycles. The predicted molar refractivity (Wildman–Crippen MR) is 103 cm³/mol. The molecule has 1 atom stereocenters. The fourth-order valence-corrected chi connectivity index (χ4v) is 3.66. The molecule has 0 aliphatic carbocycles. The van der Waals surface area contributed by atoms with Gasteiger partial charge in [0.2, 0.25) is 0 Å². The number of Topliss-reactive ketones (excluding diaryl/α,β-unsaturated/α-hetero) is 1. The molecule has 4 nitrogen and oxygen atoms in total. The molecule has 1 heterocycles. The van der Waals surface area contributed by atoms with Crippen LogP contribution in [0.15, 0.2) is 48.5 Å². The van der Waals surface area contributed by atoms with Crippen LogP contribution in [0, 0.1) is 11.7 Å². The van der Waals surface area contributed by atoms with E-state index < -0.39 is 6.36 Å². The summed E-state index contributed by atoms with van der Waals surface area (Å²) in [6.07, 6.45) is -3.66. The van der Waals surface area contributed by atoms with Gasteiger partial charge in [-0.1, -0.05) is 12.1 Å². The van der Waals surface area contributed by atoms with Gasteiger partial charge in [0.05, 0.1) is 6.10 Å². The maximum atomic E-state index is 13.0. The Morgan fingerprint density at radius 2 is 1.67 bits per heavy atom. The summed E-state index contributed by atoms with van der Waals surface area (Å²) in [7, 11) is 1.55. The molecule has 162 valence electrons. The number of carbonyl (C=O) groups is 1. The van der Waals surface area contributed by atoms with E-state index in [1.54, 1.807) is 19.2 Å². The summed E-state index contributed by atoms with van der Waals surface area (Å²) < 4.78 is 59.4. The second-order valence-electron chi connectivity index (χ2n) is 7.29. The van der Waals surface area contributed by atoms with Crippen molar-refractivity contribution in [2.75, 3.05) is 26.7 Å². The minimum Gasteiger partial charge on any atom is -0.406 e. The molecule has 1 fully saturated rings. The number of rotatable bonds is 7. The largest absolute Gasteiger partial charge is 0.573 e. The van der Waals surface area contributed by atoms with E-state index >= 15 is 0 Å². The van der Waals surface area contributed by atoms with Crippen LogP contribution in [0.4, 0.5) is 17.6 Å². The van der Waals surface area contributed by atoms with E-state index in [1.807, 2.05) is 0 Å². The SMILES string of the molecule is COC(CN1CCC(C(=O)c2ccc(F)cc2)CC1)c1ccc(OC(F)(F)F)cc1. The van der Waals surface area contributed by atoms with Crippen LogP contribution in [0.1, 0.15) is 34.9 Å². The number of ether oxygens (including phenoxy) is 2. The molecule has 2 aromatic rings. The van der Waals surface area contributed by atoms with Crippen molar-refractivity contribution >= 4 is 5.78 Å². The van der Waals surface area contributed by atoms with Gasteiger partial charge in [0.15, 0.2) is 5.78 Å². The molecular formula is C22H23F4NO3. The highest BCUT2D eigenvalue weighted by Crippen LogP contribution is 2.28. The number of hydrogen-bond donors (Lipinski definition) is 0. The Hall–Kier alpha value is -2.45. The molecule has 1 aliphatic rings. The Kier molecular flexibility index (Phi) is 7.10. The Bertz CT molecular complexity index is 829. The summed E-state index contributed by atoms with van der Waals surface area (Å²) in [5, 5.41) is 0. The van der Waals surface area contributed by atoms with E-state index in [0.717, 1.165) is 5.56 Å². The van der Waals surface area contributed by atoms with E-state index in [1.165, 1.54) is 36.4 Å². The normalized spacial score (nSPS) is 17.0. The number of likely N-dealkylation sites (tertiary alicyclic amines) is 1. The molecule has 0 spiro atoms. The third-order valence-electron chi connectivity index (χ3n) is 5.28. The quantitative estimate of drug-likeness (QED) is 0.462. The van der Waals surface area contributed by atoms with Gasteiger partial charge in [-0.05, 0) is 67.9 Å². The number of piperidine rings is 1. The van der Waals surface area contributed by atoms with Crippen molar-refractivity contribution in [3.63, 3.8) is 0 Å². The Balaban J connectivity index is 1.54. The second kappa shape index (κ2) is 9.57. The van der Waals surface area contributed by atoms with Crippen LogP contribution < -0.4 is 4.74 Å². The standard InChI is InChI=1S/C22H23F4NO3/c1-29-20(15-4-8-19(9-5-15)30-22(24,25)26)14-27-12-10-17(11-13-27)21(28)16-2-6-18(23)7-3-16/h2-9,17,20H,10-14H2,1H3. The highest BCUT2D eigenvalue weighted by Gasteiger charge is 2.31. The maximum absolute atomic E-state index is 13.0. The lowest BCUT2D eigenvalue weighted by Gasteiger charge is -2.33. The molecule has 0 N–H and O–H groups in total. The molecule has 0 radical (unpaired) electrons. The fourth-order valence-electron chi connectivity index (χ4n) is 3.66. The topological polar surface area (TPSA) is 38.8 Å². The first-order valence-corrected chi connectivity index (χ1v) is 9.66. The fraction of sp³-hybridized carbons (Fsp3) is 0.409. The summed E-state index contributed by atoms with van der Waals surface area (Å²) in [6, 6.07) is 11.2. The van der Waals surface area contributed by atoms with E-state index in [2.05, 4.69) is 9.64 Å². The number of methoxy groups -OCH3 is 1. The summed E-state index contributed by atoms with van der Waals surface area (Å²) >= 11 is 0. The van der Waals surface area contributed by atoms with Crippen LogP contribution in [-0.2, 0) is 4.74 Å². The zero-order chi connectivity index (χ0) is 21.7. The molecule has 0 bridgehead atoms. The van der Waals surface area contributed by atoms with E-state index in [9.17, 15) is 22.4 Å². The van der Waals surface area contributed by atoms with Crippen molar-refractivity contribution in [3.8, 4) is 5.75 Å². The van der Waals surface area contributed by atoms with Gasteiger partial charge >= 0.3 is 6.36 Å². The van der Waals surface area contributed by atoms with E-state index in [0.29, 0.717) is 38.0 Å². The van der Waals surface area contributed by atoms with Gasteiger partial charge < -0.3 is 14.4 Å². The van der Waals surface area contributed by atoms with Gasteiger partial charge in [0.25, 0.3) is 0 Å².